The first-order chi connectivity index (χ1) is 15.5. The predicted octanol–water partition coefficient (Wildman–Crippen LogP) is -3.40. The summed E-state index contributed by atoms with van der Waals surface area (Å²) in [5.41, 5.74) is 11.0. The molecule has 4 amide bonds. The van der Waals surface area contributed by atoms with Gasteiger partial charge in [0.2, 0.25) is 23.6 Å². The molecule has 0 aliphatic rings. The monoisotopic (exact) mass is 485 g/mol. The second kappa shape index (κ2) is 13.2. The normalized spacial score (nSPS) is 14.3. The third-order valence-electron chi connectivity index (χ3n) is 4.38. The summed E-state index contributed by atoms with van der Waals surface area (Å²) in [5, 5.41) is 34.4. The van der Waals surface area contributed by atoms with E-state index in [0.29, 0.717) is 5.56 Å². The van der Waals surface area contributed by atoms with Crippen molar-refractivity contribution in [2.24, 2.45) is 11.5 Å². The number of thiol groups is 1. The third kappa shape index (κ3) is 9.34. The Kier molecular flexibility index (Phi) is 11.1. The smallest absolute Gasteiger partial charge is 0.326 e. The Bertz CT molecular complexity index is 866. The number of nitrogens with two attached hydrogens (primary N) is 2. The second-order valence-corrected chi connectivity index (χ2v) is 7.40. The van der Waals surface area contributed by atoms with Gasteiger partial charge in [0.05, 0.1) is 13.0 Å². The van der Waals surface area contributed by atoms with Crippen molar-refractivity contribution in [1.82, 2.24) is 16.0 Å². The predicted molar refractivity (Wildman–Crippen MR) is 118 cm³/mol. The molecule has 1 rings (SSSR count). The molecule has 14 heteroatoms. The van der Waals surface area contributed by atoms with Crippen LogP contribution in [0, 0.1) is 0 Å². The van der Waals surface area contributed by atoms with Crippen LogP contribution < -0.4 is 27.4 Å². The number of aliphatic hydroxyl groups excluding tert-OH is 1. The standard InChI is InChI=1S/C19H27N5O8S/c20-11(7-25)16(28)24-14(8-33)18(30)22-12(6-15(21)27)17(29)23-13(19(31)32)5-9-1-3-10(26)4-2-9/h1-4,11-14,25-26,33H,5-8,20H2,(H2,21,27)(H,22,30)(H,23,29)(H,24,28)(H,31,32). The van der Waals surface area contributed by atoms with Crippen molar-refractivity contribution in [3.05, 3.63) is 29.8 Å². The summed E-state index contributed by atoms with van der Waals surface area (Å²) >= 11 is 3.95. The molecule has 0 saturated carbocycles. The third-order valence-corrected chi connectivity index (χ3v) is 4.74. The summed E-state index contributed by atoms with van der Waals surface area (Å²) in [6.07, 6.45) is -0.792. The number of rotatable bonds is 13. The topological polar surface area (TPSA) is 234 Å². The van der Waals surface area contributed by atoms with Crippen molar-refractivity contribution in [2.75, 3.05) is 12.4 Å². The van der Waals surface area contributed by atoms with Crippen molar-refractivity contribution in [3.63, 3.8) is 0 Å². The number of hydrogen-bond donors (Lipinski definition) is 9. The van der Waals surface area contributed by atoms with E-state index in [0.717, 1.165) is 0 Å². The maximum atomic E-state index is 12.7. The first kappa shape index (κ1) is 27.7. The van der Waals surface area contributed by atoms with Gasteiger partial charge < -0.3 is 42.7 Å². The fourth-order valence-electron chi connectivity index (χ4n) is 2.58. The van der Waals surface area contributed by atoms with Crippen LogP contribution in [0.4, 0.5) is 0 Å². The molecule has 1 aromatic rings. The van der Waals surface area contributed by atoms with Gasteiger partial charge in [0.1, 0.15) is 29.9 Å². The van der Waals surface area contributed by atoms with E-state index in [1.807, 2.05) is 0 Å². The molecule has 1 aromatic carbocycles. The number of aromatic hydroxyl groups is 1. The van der Waals surface area contributed by atoms with Gasteiger partial charge >= 0.3 is 5.97 Å². The van der Waals surface area contributed by atoms with Gasteiger partial charge in [-0.2, -0.15) is 12.6 Å². The lowest BCUT2D eigenvalue weighted by Crippen LogP contribution is -2.58. The Morgan fingerprint density at radius 3 is 1.91 bits per heavy atom. The van der Waals surface area contributed by atoms with Crippen molar-refractivity contribution in [1.29, 1.82) is 0 Å². The number of phenolic OH excluding ortho intramolecular Hbond substituents is 1. The number of benzene rings is 1. The first-order valence-electron chi connectivity index (χ1n) is 9.65. The number of aliphatic hydroxyl groups is 1. The number of carbonyl (C=O) groups is 5. The zero-order valence-electron chi connectivity index (χ0n) is 17.4. The molecular formula is C19H27N5O8S. The van der Waals surface area contributed by atoms with Crippen LogP contribution in [-0.4, -0.2) is 81.4 Å². The van der Waals surface area contributed by atoms with Gasteiger partial charge in [-0.15, -0.1) is 0 Å². The molecule has 0 aliphatic heterocycles. The number of hydrogen-bond acceptors (Lipinski definition) is 9. The van der Waals surface area contributed by atoms with Gasteiger partial charge in [-0.1, -0.05) is 12.1 Å². The molecule has 0 fully saturated rings. The van der Waals surface area contributed by atoms with Crippen LogP contribution in [0.2, 0.25) is 0 Å². The van der Waals surface area contributed by atoms with Gasteiger partial charge in [0.25, 0.3) is 0 Å². The number of phenols is 1. The minimum atomic E-state index is -1.54. The van der Waals surface area contributed by atoms with E-state index in [2.05, 4.69) is 28.6 Å². The van der Waals surface area contributed by atoms with E-state index >= 15 is 0 Å². The molecule has 0 heterocycles. The first-order valence-corrected chi connectivity index (χ1v) is 10.3. The SMILES string of the molecule is NC(=O)CC(NC(=O)C(CS)NC(=O)C(N)CO)C(=O)NC(Cc1ccc(O)cc1)C(=O)O. The molecule has 33 heavy (non-hydrogen) atoms. The highest BCUT2D eigenvalue weighted by molar-refractivity contribution is 7.80. The summed E-state index contributed by atoms with van der Waals surface area (Å²) in [7, 11) is 0. The van der Waals surface area contributed by atoms with Crippen molar-refractivity contribution in [3.8, 4) is 5.75 Å². The van der Waals surface area contributed by atoms with Crippen LogP contribution in [-0.2, 0) is 30.4 Å². The largest absolute Gasteiger partial charge is 0.508 e. The second-order valence-electron chi connectivity index (χ2n) is 7.03. The minimum Gasteiger partial charge on any atom is -0.508 e. The van der Waals surface area contributed by atoms with Crippen LogP contribution >= 0.6 is 12.6 Å². The van der Waals surface area contributed by atoms with E-state index in [9.17, 15) is 34.2 Å². The quantitative estimate of drug-likeness (QED) is 0.126. The maximum absolute atomic E-state index is 12.7. The Hall–Kier alpha value is -3.36. The molecular weight excluding hydrogens is 458 g/mol. The average molecular weight is 486 g/mol. The molecule has 0 radical (unpaired) electrons. The summed E-state index contributed by atoms with van der Waals surface area (Å²) in [6.45, 7) is -0.670. The zero-order chi connectivity index (χ0) is 25.1. The lowest BCUT2D eigenvalue weighted by atomic mass is 10.0. The highest BCUT2D eigenvalue weighted by Crippen LogP contribution is 2.11. The summed E-state index contributed by atoms with van der Waals surface area (Å²) in [6, 6.07) is 0.116. The van der Waals surface area contributed by atoms with Gasteiger partial charge in [-0.25, -0.2) is 4.79 Å². The summed E-state index contributed by atoms with van der Waals surface area (Å²) < 4.78 is 0. The molecule has 0 spiro atoms. The number of amides is 4. The number of carbonyl (C=O) groups excluding carboxylic acids is 4. The minimum absolute atomic E-state index is 0.0234. The average Bonchev–Trinajstić information content (AvgIpc) is 2.76. The summed E-state index contributed by atoms with van der Waals surface area (Å²) in [4.78, 5) is 60.0. The molecule has 4 unspecified atom stereocenters. The van der Waals surface area contributed by atoms with E-state index in [-0.39, 0.29) is 17.9 Å². The van der Waals surface area contributed by atoms with Gasteiger partial charge in [0.15, 0.2) is 0 Å². The lowest BCUT2D eigenvalue weighted by Gasteiger charge is -2.24. The van der Waals surface area contributed by atoms with Crippen LogP contribution in [0.3, 0.4) is 0 Å². The van der Waals surface area contributed by atoms with Crippen LogP contribution in [0.15, 0.2) is 24.3 Å². The molecule has 0 aliphatic carbocycles. The molecule has 0 bridgehead atoms. The number of carboxylic acid groups (broad SMARTS) is 1. The Labute approximate surface area is 194 Å². The van der Waals surface area contributed by atoms with E-state index < -0.39 is 66.8 Å². The van der Waals surface area contributed by atoms with Crippen LogP contribution in [0.25, 0.3) is 0 Å². The van der Waals surface area contributed by atoms with Gasteiger partial charge in [0, 0.05) is 12.2 Å². The van der Waals surface area contributed by atoms with Crippen LogP contribution in [0.1, 0.15) is 12.0 Å². The highest BCUT2D eigenvalue weighted by atomic mass is 32.1. The number of nitrogens with one attached hydrogen (secondary N) is 3. The van der Waals surface area contributed by atoms with E-state index in [1.165, 1.54) is 24.3 Å². The van der Waals surface area contributed by atoms with Crippen molar-refractivity contribution in [2.45, 2.75) is 37.0 Å². The number of carboxylic acids is 1. The molecule has 0 saturated heterocycles. The Balaban J connectivity index is 2.93. The Morgan fingerprint density at radius 1 is 0.909 bits per heavy atom. The Morgan fingerprint density at radius 2 is 1.42 bits per heavy atom. The van der Waals surface area contributed by atoms with Crippen LogP contribution in [0.5, 0.6) is 5.75 Å². The molecule has 10 N–H and O–H groups in total. The van der Waals surface area contributed by atoms with E-state index in [4.69, 9.17) is 16.6 Å². The molecule has 0 aromatic heterocycles. The number of primary amides is 1. The van der Waals surface area contributed by atoms with Crippen molar-refractivity contribution >= 4 is 42.2 Å². The van der Waals surface area contributed by atoms with Gasteiger partial charge in [-0.3, -0.25) is 19.2 Å². The van der Waals surface area contributed by atoms with Gasteiger partial charge in [-0.05, 0) is 17.7 Å². The maximum Gasteiger partial charge on any atom is 0.326 e. The van der Waals surface area contributed by atoms with Crippen molar-refractivity contribution < 1.29 is 39.3 Å². The lowest BCUT2D eigenvalue weighted by molar-refractivity contribution is -0.142. The highest BCUT2D eigenvalue weighted by Gasteiger charge is 2.30. The molecule has 4 atom stereocenters. The molecule has 13 nitrogen and oxygen atoms in total. The fraction of sp³-hybridized carbons (Fsp3) is 0.421. The summed E-state index contributed by atoms with van der Waals surface area (Å²) in [5.74, 6) is -5.31. The van der Waals surface area contributed by atoms with E-state index in [1.54, 1.807) is 0 Å². The fourth-order valence-corrected chi connectivity index (χ4v) is 2.84. The number of aliphatic carboxylic acids is 1. The zero-order valence-corrected chi connectivity index (χ0v) is 18.3. The molecule has 182 valence electrons.